The highest BCUT2D eigenvalue weighted by Gasteiger charge is 2.30. The summed E-state index contributed by atoms with van der Waals surface area (Å²) >= 11 is 0. The summed E-state index contributed by atoms with van der Waals surface area (Å²) in [5.74, 6) is -1.39. The highest BCUT2D eigenvalue weighted by atomic mass is 31.2. The third-order valence-electron chi connectivity index (χ3n) is 17.3. The Bertz CT molecular complexity index is 1790. The van der Waals surface area contributed by atoms with E-state index >= 15 is 0 Å². The number of phosphoric acid groups is 2. The number of ether oxygens (including phenoxy) is 4. The van der Waals surface area contributed by atoms with Crippen LogP contribution in [0.15, 0.2) is 0 Å². The number of hydrogen-bond acceptors (Lipinski definition) is 15. The molecule has 19 heteroatoms. The van der Waals surface area contributed by atoms with E-state index in [0.717, 1.165) is 95.8 Å². The Morgan fingerprint density at radius 1 is 0.290 bits per heavy atom. The lowest BCUT2D eigenvalue weighted by atomic mass is 10.0. The van der Waals surface area contributed by atoms with E-state index in [2.05, 4.69) is 34.6 Å². The quantitative estimate of drug-likeness (QED) is 0.0222. The number of aliphatic hydroxyl groups excluding tert-OH is 1. The number of carbonyl (C=O) groups is 4. The van der Waals surface area contributed by atoms with Crippen LogP contribution in [0.1, 0.15) is 388 Å². The first kappa shape index (κ1) is 91.1. The van der Waals surface area contributed by atoms with Gasteiger partial charge < -0.3 is 33.8 Å². The van der Waals surface area contributed by atoms with E-state index in [-0.39, 0.29) is 25.7 Å². The summed E-state index contributed by atoms with van der Waals surface area (Å²) in [6, 6.07) is 0. The van der Waals surface area contributed by atoms with Crippen LogP contribution in [0.2, 0.25) is 0 Å². The Morgan fingerprint density at radius 2 is 0.495 bits per heavy atom. The molecule has 0 rings (SSSR count). The van der Waals surface area contributed by atoms with Crippen LogP contribution >= 0.6 is 15.6 Å². The number of aliphatic hydroxyl groups is 1. The lowest BCUT2D eigenvalue weighted by molar-refractivity contribution is -0.161. The van der Waals surface area contributed by atoms with Crippen molar-refractivity contribution in [3.05, 3.63) is 0 Å². The number of phosphoric ester groups is 2. The minimum Gasteiger partial charge on any atom is -0.462 e. The van der Waals surface area contributed by atoms with E-state index in [4.69, 9.17) is 37.0 Å². The molecule has 0 aromatic rings. The molecule has 2 unspecified atom stereocenters. The van der Waals surface area contributed by atoms with Gasteiger partial charge in [0, 0.05) is 25.7 Å². The van der Waals surface area contributed by atoms with Crippen molar-refractivity contribution in [2.75, 3.05) is 39.6 Å². The fraction of sp³-hybridized carbons (Fsp3) is 0.946. The Balaban J connectivity index is 5.14. The predicted molar refractivity (Wildman–Crippen MR) is 377 cm³/mol. The van der Waals surface area contributed by atoms with Gasteiger partial charge in [0.1, 0.15) is 19.3 Å². The van der Waals surface area contributed by atoms with Gasteiger partial charge in [-0.3, -0.25) is 37.3 Å². The lowest BCUT2D eigenvalue weighted by Crippen LogP contribution is -2.30. The monoisotopic (exact) mass is 1370 g/mol. The topological polar surface area (TPSA) is 237 Å². The predicted octanol–water partition coefficient (Wildman–Crippen LogP) is 21.7. The third kappa shape index (κ3) is 68.4. The fourth-order valence-corrected chi connectivity index (χ4v) is 12.9. The highest BCUT2D eigenvalue weighted by Crippen LogP contribution is 2.45. The first-order chi connectivity index (χ1) is 45.0. The Hall–Kier alpha value is -1.94. The number of esters is 4. The van der Waals surface area contributed by atoms with E-state index in [1.54, 1.807) is 0 Å². The molecular weight excluding hydrogens is 1220 g/mol. The van der Waals surface area contributed by atoms with Gasteiger partial charge in [-0.1, -0.05) is 336 Å². The minimum absolute atomic E-state index is 0.107. The van der Waals surface area contributed by atoms with Crippen molar-refractivity contribution >= 4 is 39.5 Å². The van der Waals surface area contributed by atoms with Crippen LogP contribution in [0.4, 0.5) is 0 Å². The molecular formula is C74H144O17P2. The van der Waals surface area contributed by atoms with Crippen LogP contribution in [-0.2, 0) is 65.4 Å². The molecule has 552 valence electrons. The lowest BCUT2D eigenvalue weighted by Gasteiger charge is -2.21. The second-order valence-electron chi connectivity index (χ2n) is 27.2. The molecule has 0 heterocycles. The van der Waals surface area contributed by atoms with Gasteiger partial charge in [0.15, 0.2) is 12.2 Å². The molecule has 0 aromatic heterocycles. The SMILES string of the molecule is CCCCCCCCCCCCCCCCCCCCCCCCC(=O)O[C@H](COC(=O)CCCCCCCCCCC(C)C)COP(=O)(O)OC[C@@H](O)COP(=O)(O)OC[C@@H](COC(=O)CCCCCCCCCCC)OC(=O)CCCCCCCCCCCCC. The molecule has 0 aliphatic heterocycles. The van der Waals surface area contributed by atoms with Crippen molar-refractivity contribution in [1.82, 2.24) is 0 Å². The van der Waals surface area contributed by atoms with Crippen LogP contribution in [0, 0.1) is 5.92 Å². The molecule has 0 aliphatic carbocycles. The first-order valence-corrected chi connectivity index (χ1v) is 41.6. The van der Waals surface area contributed by atoms with Crippen LogP contribution in [0.25, 0.3) is 0 Å². The summed E-state index contributed by atoms with van der Waals surface area (Å²) in [4.78, 5) is 72.6. The fourth-order valence-electron chi connectivity index (χ4n) is 11.4. The summed E-state index contributed by atoms with van der Waals surface area (Å²) in [7, 11) is -9.90. The van der Waals surface area contributed by atoms with E-state index in [1.807, 2.05) is 0 Å². The van der Waals surface area contributed by atoms with Crippen molar-refractivity contribution in [2.45, 2.75) is 406 Å². The molecule has 0 saturated heterocycles. The van der Waals surface area contributed by atoms with Crippen molar-refractivity contribution in [3.8, 4) is 0 Å². The van der Waals surface area contributed by atoms with Crippen molar-refractivity contribution < 1.29 is 80.2 Å². The summed E-state index contributed by atoms with van der Waals surface area (Å²) in [5, 5.41) is 10.6. The molecule has 0 bridgehead atoms. The normalized spacial score (nSPS) is 14.0. The molecule has 0 saturated carbocycles. The maximum atomic E-state index is 13.0. The van der Waals surface area contributed by atoms with Gasteiger partial charge in [-0.15, -0.1) is 0 Å². The maximum Gasteiger partial charge on any atom is 0.472 e. The number of hydrogen-bond donors (Lipinski definition) is 3. The van der Waals surface area contributed by atoms with Crippen LogP contribution in [-0.4, -0.2) is 96.7 Å². The molecule has 3 N–H and O–H groups in total. The molecule has 93 heavy (non-hydrogen) atoms. The summed E-state index contributed by atoms with van der Waals surface area (Å²) < 4.78 is 68.3. The smallest absolute Gasteiger partial charge is 0.462 e. The molecule has 5 atom stereocenters. The molecule has 0 spiro atoms. The van der Waals surface area contributed by atoms with E-state index in [9.17, 15) is 43.2 Å². The minimum atomic E-state index is -4.95. The standard InChI is InChI=1S/C74H144O17P2/c1-6-9-12-15-18-21-23-24-25-26-27-28-29-30-31-32-33-35-38-45-50-55-60-74(79)91-70(64-85-72(77)58-53-48-43-40-39-41-46-51-56-67(4)5)66-89-93(82,83)87-62-68(75)61-86-92(80,81)88-65-69(63-84-71(76)57-52-47-42-36-20-17-14-11-8-3)90-73(78)59-54-49-44-37-34-22-19-16-13-10-7-2/h67-70,75H,6-66H2,1-5H3,(H,80,81)(H,82,83)/t68-,69+,70+/m0/s1. The molecule has 0 radical (unpaired) electrons. The number of rotatable bonds is 74. The third-order valence-corrected chi connectivity index (χ3v) is 19.2. The molecule has 17 nitrogen and oxygen atoms in total. The average Bonchev–Trinajstić information content (AvgIpc) is 1.89. The Kier molecular flexibility index (Phi) is 65.9. The van der Waals surface area contributed by atoms with E-state index in [1.165, 1.54) is 212 Å². The van der Waals surface area contributed by atoms with Crippen molar-refractivity contribution in [3.63, 3.8) is 0 Å². The van der Waals surface area contributed by atoms with Crippen molar-refractivity contribution in [2.24, 2.45) is 5.92 Å². The van der Waals surface area contributed by atoms with Crippen LogP contribution < -0.4 is 0 Å². The Morgan fingerprint density at radius 3 is 0.731 bits per heavy atom. The number of unbranched alkanes of at least 4 members (excludes halogenated alkanes) is 46. The zero-order valence-corrected chi connectivity index (χ0v) is 62.2. The summed E-state index contributed by atoms with van der Waals surface area (Å²) in [6.45, 7) is 7.21. The molecule has 0 amide bonds. The number of carbonyl (C=O) groups excluding carboxylic acids is 4. The second kappa shape index (κ2) is 67.3. The van der Waals surface area contributed by atoms with Gasteiger partial charge >= 0.3 is 39.5 Å². The molecule has 0 aliphatic rings. The zero-order chi connectivity index (χ0) is 68.4. The van der Waals surface area contributed by atoms with Crippen LogP contribution in [0.5, 0.6) is 0 Å². The first-order valence-electron chi connectivity index (χ1n) is 38.6. The maximum absolute atomic E-state index is 13.0. The molecule has 0 fully saturated rings. The van der Waals surface area contributed by atoms with Gasteiger partial charge in [0.25, 0.3) is 0 Å². The van der Waals surface area contributed by atoms with Gasteiger partial charge in [-0.05, 0) is 31.6 Å². The van der Waals surface area contributed by atoms with Crippen LogP contribution in [0.3, 0.4) is 0 Å². The van der Waals surface area contributed by atoms with Gasteiger partial charge in [-0.25, -0.2) is 9.13 Å². The Labute approximate surface area is 568 Å². The van der Waals surface area contributed by atoms with Gasteiger partial charge in [0.05, 0.1) is 26.4 Å². The molecule has 0 aromatic carbocycles. The second-order valence-corrected chi connectivity index (χ2v) is 30.1. The average molecular weight is 1370 g/mol. The van der Waals surface area contributed by atoms with Gasteiger partial charge in [-0.2, -0.15) is 0 Å². The van der Waals surface area contributed by atoms with Crippen molar-refractivity contribution in [1.29, 1.82) is 0 Å². The zero-order valence-electron chi connectivity index (χ0n) is 60.4. The summed E-state index contributed by atoms with van der Waals surface area (Å²) in [6.07, 6.45) is 55.7. The van der Waals surface area contributed by atoms with E-state index < -0.39 is 97.5 Å². The summed E-state index contributed by atoms with van der Waals surface area (Å²) in [5.41, 5.74) is 0. The van der Waals surface area contributed by atoms with Gasteiger partial charge in [0.2, 0.25) is 0 Å². The highest BCUT2D eigenvalue weighted by molar-refractivity contribution is 7.47. The largest absolute Gasteiger partial charge is 0.472 e. The van der Waals surface area contributed by atoms with E-state index in [0.29, 0.717) is 25.7 Å².